The molecule has 122 valence electrons. The van der Waals surface area contributed by atoms with Crippen molar-refractivity contribution < 1.29 is 4.79 Å². The lowest BCUT2D eigenvalue weighted by Crippen LogP contribution is -2.37. The molecule has 0 radical (unpaired) electrons. The molecule has 1 amide bonds. The highest BCUT2D eigenvalue weighted by atomic mass is 16.2. The Morgan fingerprint density at radius 2 is 2.09 bits per heavy atom. The maximum atomic E-state index is 11.4. The van der Waals surface area contributed by atoms with E-state index >= 15 is 0 Å². The van der Waals surface area contributed by atoms with Crippen LogP contribution in [0.2, 0.25) is 0 Å². The van der Waals surface area contributed by atoms with E-state index < -0.39 is 0 Å². The average Bonchev–Trinajstić information content (AvgIpc) is 2.56. The van der Waals surface area contributed by atoms with Gasteiger partial charge in [0.25, 0.3) is 0 Å². The van der Waals surface area contributed by atoms with E-state index in [4.69, 9.17) is 0 Å². The number of rotatable bonds is 4. The molecule has 2 aromatic rings. The Balaban J connectivity index is 1.56. The predicted molar refractivity (Wildman–Crippen MR) is 94.6 cm³/mol. The van der Waals surface area contributed by atoms with Gasteiger partial charge >= 0.3 is 0 Å². The molecule has 1 aliphatic heterocycles. The van der Waals surface area contributed by atoms with Gasteiger partial charge in [-0.25, -0.2) is 0 Å². The molecule has 4 heteroatoms. The second-order valence-corrected chi connectivity index (χ2v) is 6.49. The zero-order valence-corrected chi connectivity index (χ0v) is 14.0. The van der Waals surface area contributed by atoms with Crippen LogP contribution in [0.1, 0.15) is 31.7 Å². The number of aryl methyl sites for hydroxylation is 1. The highest BCUT2D eigenvalue weighted by Crippen LogP contribution is 2.25. The van der Waals surface area contributed by atoms with E-state index in [9.17, 15) is 4.79 Å². The van der Waals surface area contributed by atoms with E-state index in [1.54, 1.807) is 6.92 Å². The summed E-state index contributed by atoms with van der Waals surface area (Å²) >= 11 is 0. The Morgan fingerprint density at radius 3 is 2.83 bits per heavy atom. The molecule has 1 fully saturated rings. The van der Waals surface area contributed by atoms with Crippen molar-refractivity contribution in [1.29, 1.82) is 0 Å². The highest BCUT2D eigenvalue weighted by molar-refractivity contribution is 5.92. The van der Waals surface area contributed by atoms with E-state index in [0.717, 1.165) is 44.4 Å². The third-order valence-corrected chi connectivity index (χ3v) is 4.90. The zero-order chi connectivity index (χ0) is 16.2. The average molecular weight is 311 g/mol. The van der Waals surface area contributed by atoms with E-state index in [1.807, 2.05) is 11.1 Å². The third kappa shape index (κ3) is 3.63. The van der Waals surface area contributed by atoms with E-state index in [1.165, 1.54) is 16.6 Å². The summed E-state index contributed by atoms with van der Waals surface area (Å²) in [4.78, 5) is 17.8. The largest absolute Gasteiger partial charge is 0.384 e. The van der Waals surface area contributed by atoms with Crippen LogP contribution in [0.25, 0.3) is 10.9 Å². The first kappa shape index (κ1) is 15.8. The van der Waals surface area contributed by atoms with Crippen LogP contribution in [0.4, 0.5) is 5.69 Å². The summed E-state index contributed by atoms with van der Waals surface area (Å²) < 4.78 is 0. The number of para-hydroxylation sites is 1. The van der Waals surface area contributed by atoms with Crippen molar-refractivity contribution in [3.8, 4) is 0 Å². The van der Waals surface area contributed by atoms with Crippen LogP contribution in [-0.4, -0.2) is 35.4 Å². The fourth-order valence-electron chi connectivity index (χ4n) is 3.43. The van der Waals surface area contributed by atoms with Crippen molar-refractivity contribution in [3.63, 3.8) is 0 Å². The summed E-state index contributed by atoms with van der Waals surface area (Å²) in [6, 6.07) is 8.37. The summed E-state index contributed by atoms with van der Waals surface area (Å²) in [5.41, 5.74) is 3.45. The lowest BCUT2D eigenvalue weighted by atomic mass is 9.93. The quantitative estimate of drug-likeness (QED) is 0.938. The number of aromatic nitrogens is 1. The van der Waals surface area contributed by atoms with Crippen LogP contribution >= 0.6 is 0 Å². The van der Waals surface area contributed by atoms with Crippen LogP contribution in [0.5, 0.6) is 0 Å². The molecule has 0 unspecified atom stereocenters. The van der Waals surface area contributed by atoms with E-state index in [-0.39, 0.29) is 5.91 Å². The van der Waals surface area contributed by atoms with Crippen LogP contribution in [-0.2, 0) is 4.79 Å². The van der Waals surface area contributed by atoms with E-state index in [0.29, 0.717) is 5.92 Å². The lowest BCUT2D eigenvalue weighted by molar-refractivity contribution is -0.130. The Morgan fingerprint density at radius 1 is 1.30 bits per heavy atom. The topological polar surface area (TPSA) is 45.2 Å². The van der Waals surface area contributed by atoms with Gasteiger partial charge in [0.15, 0.2) is 0 Å². The monoisotopic (exact) mass is 311 g/mol. The first-order valence-electron chi connectivity index (χ1n) is 8.49. The fourth-order valence-corrected chi connectivity index (χ4v) is 3.43. The minimum Gasteiger partial charge on any atom is -0.384 e. The summed E-state index contributed by atoms with van der Waals surface area (Å²) in [5.74, 6) is 0.924. The Bertz CT molecular complexity index is 690. The Hall–Kier alpha value is -2.10. The van der Waals surface area contributed by atoms with Gasteiger partial charge in [-0.15, -0.1) is 0 Å². The van der Waals surface area contributed by atoms with Crippen molar-refractivity contribution in [2.24, 2.45) is 5.92 Å². The molecule has 1 N–H and O–H groups in total. The van der Waals surface area contributed by atoms with Gasteiger partial charge in [-0.3, -0.25) is 9.78 Å². The molecule has 1 aromatic carbocycles. The minimum atomic E-state index is 0.209. The van der Waals surface area contributed by atoms with Gasteiger partial charge in [0, 0.05) is 43.8 Å². The summed E-state index contributed by atoms with van der Waals surface area (Å²) in [5, 5.41) is 4.77. The first-order valence-corrected chi connectivity index (χ1v) is 8.49. The second kappa shape index (κ2) is 6.99. The minimum absolute atomic E-state index is 0.209. The van der Waals surface area contributed by atoms with Crippen LogP contribution in [0.15, 0.2) is 30.5 Å². The molecule has 0 aliphatic carbocycles. The van der Waals surface area contributed by atoms with Crippen LogP contribution in [0, 0.1) is 12.8 Å². The summed E-state index contributed by atoms with van der Waals surface area (Å²) in [6.45, 7) is 6.56. The highest BCUT2D eigenvalue weighted by Gasteiger charge is 2.20. The van der Waals surface area contributed by atoms with Gasteiger partial charge in [-0.05, 0) is 43.7 Å². The summed E-state index contributed by atoms with van der Waals surface area (Å²) in [7, 11) is 0. The van der Waals surface area contributed by atoms with Crippen molar-refractivity contribution >= 4 is 22.5 Å². The number of hydrogen-bond donors (Lipinski definition) is 1. The number of nitrogens with zero attached hydrogens (tertiary/aromatic N) is 2. The molecule has 0 saturated carbocycles. The van der Waals surface area contributed by atoms with Crippen molar-refractivity contribution in [2.45, 2.75) is 33.1 Å². The van der Waals surface area contributed by atoms with Crippen LogP contribution < -0.4 is 5.32 Å². The maximum Gasteiger partial charge on any atom is 0.219 e. The molecule has 3 rings (SSSR count). The van der Waals surface area contributed by atoms with Gasteiger partial charge in [0.1, 0.15) is 0 Å². The molecule has 1 aromatic heterocycles. The second-order valence-electron chi connectivity index (χ2n) is 6.49. The number of fused-ring (bicyclic) bond motifs is 1. The number of amides is 1. The number of pyridine rings is 1. The molecule has 2 heterocycles. The Kier molecular flexibility index (Phi) is 4.79. The number of benzene rings is 1. The fraction of sp³-hybridized carbons (Fsp3) is 0.474. The van der Waals surface area contributed by atoms with Crippen LogP contribution in [0.3, 0.4) is 0 Å². The number of carbonyl (C=O) groups is 1. The van der Waals surface area contributed by atoms with Crippen molar-refractivity contribution in [3.05, 3.63) is 36.0 Å². The molecule has 23 heavy (non-hydrogen) atoms. The standard InChI is InChI=1S/C19H25N3O/c1-14-4-3-5-17-18(7-11-21-19(14)17)20-10-6-16-8-12-22(13-9-16)15(2)23/h3-5,7,11,16H,6,8-10,12-13H2,1-2H3,(H,20,21). The molecular formula is C19H25N3O. The van der Waals surface area contributed by atoms with Gasteiger partial charge in [-0.2, -0.15) is 0 Å². The molecular weight excluding hydrogens is 286 g/mol. The number of hydrogen-bond acceptors (Lipinski definition) is 3. The van der Waals surface area contributed by atoms with Gasteiger partial charge in [0.05, 0.1) is 5.52 Å². The van der Waals surface area contributed by atoms with Crippen molar-refractivity contribution in [2.75, 3.05) is 25.0 Å². The first-order chi connectivity index (χ1) is 11.1. The van der Waals surface area contributed by atoms with Gasteiger partial charge in [-0.1, -0.05) is 18.2 Å². The maximum absolute atomic E-state index is 11.4. The molecule has 0 spiro atoms. The SMILES string of the molecule is CC(=O)N1CCC(CCNc2ccnc3c(C)cccc23)CC1. The number of nitrogens with one attached hydrogen (secondary N) is 1. The number of carbonyl (C=O) groups excluding carboxylic acids is 1. The normalized spacial score (nSPS) is 15.8. The number of likely N-dealkylation sites (tertiary alicyclic amines) is 1. The molecule has 0 atom stereocenters. The number of anilines is 1. The molecule has 1 aliphatic rings. The van der Waals surface area contributed by atoms with Crippen molar-refractivity contribution in [1.82, 2.24) is 9.88 Å². The smallest absolute Gasteiger partial charge is 0.219 e. The summed E-state index contributed by atoms with van der Waals surface area (Å²) in [6.07, 6.45) is 5.28. The lowest BCUT2D eigenvalue weighted by Gasteiger charge is -2.31. The van der Waals surface area contributed by atoms with Gasteiger partial charge < -0.3 is 10.2 Å². The predicted octanol–water partition coefficient (Wildman–Crippen LogP) is 3.60. The number of piperidine rings is 1. The molecule has 4 nitrogen and oxygen atoms in total. The Labute approximate surface area is 137 Å². The van der Waals surface area contributed by atoms with E-state index in [2.05, 4.69) is 41.5 Å². The third-order valence-electron chi connectivity index (χ3n) is 4.90. The zero-order valence-electron chi connectivity index (χ0n) is 14.0. The molecule has 1 saturated heterocycles. The van der Waals surface area contributed by atoms with Gasteiger partial charge in [0.2, 0.25) is 5.91 Å². The molecule has 0 bridgehead atoms.